The summed E-state index contributed by atoms with van der Waals surface area (Å²) in [6.45, 7) is 10.5. The molecule has 0 aromatic carbocycles. The van der Waals surface area contributed by atoms with Gasteiger partial charge in [-0.05, 0) is 62.6 Å². The summed E-state index contributed by atoms with van der Waals surface area (Å²) < 4.78 is 1.90. The molecule has 0 spiro atoms. The summed E-state index contributed by atoms with van der Waals surface area (Å²) in [7, 11) is 0. The maximum absolute atomic E-state index is 12.7. The lowest BCUT2D eigenvalue weighted by atomic mass is 10.1. The van der Waals surface area contributed by atoms with Gasteiger partial charge in [-0.25, -0.2) is 0 Å². The van der Waals surface area contributed by atoms with Crippen LogP contribution in [0.25, 0.3) is 0 Å². The number of hydrogen-bond donors (Lipinski definition) is 0. The van der Waals surface area contributed by atoms with E-state index in [-0.39, 0.29) is 5.91 Å². The molecule has 0 bridgehead atoms. The van der Waals surface area contributed by atoms with Gasteiger partial charge >= 0.3 is 0 Å². The SMILES string of the molecule is CC(C)CCN(CCC(C)C)C(=O)c1cc(Br)sc1Br. The predicted octanol–water partition coefficient (Wildman–Crippen LogP) is 5.81. The maximum atomic E-state index is 12.7. The number of amides is 1. The van der Waals surface area contributed by atoms with Crippen LogP contribution in [0, 0.1) is 11.8 Å². The first-order valence-corrected chi connectivity index (χ1v) is 9.45. The normalized spacial score (nSPS) is 11.4. The quantitative estimate of drug-likeness (QED) is 0.540. The fourth-order valence-electron chi connectivity index (χ4n) is 1.80. The third-order valence-corrected chi connectivity index (χ3v) is 5.47. The van der Waals surface area contributed by atoms with Gasteiger partial charge in [0.1, 0.15) is 0 Å². The number of nitrogens with zero attached hydrogens (tertiary/aromatic N) is 1. The topological polar surface area (TPSA) is 20.3 Å². The smallest absolute Gasteiger partial charge is 0.255 e. The van der Waals surface area contributed by atoms with Crippen molar-refractivity contribution in [3.8, 4) is 0 Å². The molecule has 0 radical (unpaired) electrons. The lowest BCUT2D eigenvalue weighted by molar-refractivity contribution is 0.0740. The van der Waals surface area contributed by atoms with Crippen LogP contribution in [0.3, 0.4) is 0 Å². The molecule has 0 saturated heterocycles. The summed E-state index contributed by atoms with van der Waals surface area (Å²) >= 11 is 8.48. The molecule has 5 heteroatoms. The lowest BCUT2D eigenvalue weighted by Crippen LogP contribution is -2.34. The van der Waals surface area contributed by atoms with Crippen LogP contribution >= 0.6 is 43.2 Å². The molecule has 1 aromatic rings. The number of hydrogen-bond acceptors (Lipinski definition) is 2. The molecule has 1 amide bonds. The van der Waals surface area contributed by atoms with Crippen LogP contribution in [0.1, 0.15) is 50.9 Å². The van der Waals surface area contributed by atoms with Crippen LogP contribution in [0.4, 0.5) is 0 Å². The molecule has 0 saturated carbocycles. The Hall–Kier alpha value is 0.130. The van der Waals surface area contributed by atoms with Crippen molar-refractivity contribution in [3.63, 3.8) is 0 Å². The minimum atomic E-state index is 0.139. The van der Waals surface area contributed by atoms with Gasteiger partial charge in [-0.1, -0.05) is 27.7 Å². The fourth-order valence-corrected chi connectivity index (χ4v) is 4.58. The fraction of sp³-hybridized carbons (Fsp3) is 0.667. The summed E-state index contributed by atoms with van der Waals surface area (Å²) in [6.07, 6.45) is 2.10. The Morgan fingerprint density at radius 2 is 1.65 bits per heavy atom. The highest BCUT2D eigenvalue weighted by Crippen LogP contribution is 2.32. The lowest BCUT2D eigenvalue weighted by Gasteiger charge is -2.24. The van der Waals surface area contributed by atoms with E-state index < -0.39 is 0 Å². The molecular weight excluding hydrogens is 402 g/mol. The van der Waals surface area contributed by atoms with Gasteiger partial charge in [0.15, 0.2) is 0 Å². The number of carbonyl (C=O) groups excluding carboxylic acids is 1. The number of rotatable bonds is 7. The third-order valence-electron chi connectivity index (χ3n) is 3.13. The van der Waals surface area contributed by atoms with Gasteiger partial charge in [-0.2, -0.15) is 0 Å². The van der Waals surface area contributed by atoms with E-state index in [4.69, 9.17) is 0 Å². The van der Waals surface area contributed by atoms with E-state index >= 15 is 0 Å². The van der Waals surface area contributed by atoms with Crippen LogP contribution in [0.2, 0.25) is 0 Å². The van der Waals surface area contributed by atoms with E-state index in [0.29, 0.717) is 11.8 Å². The van der Waals surface area contributed by atoms with Crippen LogP contribution in [0.15, 0.2) is 13.6 Å². The van der Waals surface area contributed by atoms with Crippen LogP contribution in [-0.4, -0.2) is 23.9 Å². The molecule has 20 heavy (non-hydrogen) atoms. The molecule has 0 fully saturated rings. The Labute approximate surface area is 143 Å². The van der Waals surface area contributed by atoms with Crippen LogP contribution in [0.5, 0.6) is 0 Å². The average molecular weight is 425 g/mol. The second-order valence-corrected chi connectivity index (χ2v) is 9.64. The number of carbonyl (C=O) groups is 1. The third kappa shape index (κ3) is 5.86. The van der Waals surface area contributed by atoms with Crippen molar-refractivity contribution in [3.05, 3.63) is 19.2 Å². The summed E-state index contributed by atoms with van der Waals surface area (Å²) in [5.41, 5.74) is 0.773. The second kappa shape index (κ2) is 8.54. The van der Waals surface area contributed by atoms with E-state index in [2.05, 4.69) is 59.6 Å². The van der Waals surface area contributed by atoms with Gasteiger partial charge in [0.25, 0.3) is 5.91 Å². The average Bonchev–Trinajstić information content (AvgIpc) is 2.67. The van der Waals surface area contributed by atoms with Gasteiger partial charge in [0, 0.05) is 13.1 Å². The second-order valence-electron chi connectivity index (χ2n) is 5.90. The monoisotopic (exact) mass is 423 g/mol. The van der Waals surface area contributed by atoms with E-state index in [9.17, 15) is 4.79 Å². The standard InChI is InChI=1S/C15H23Br2NOS/c1-10(2)5-7-18(8-6-11(3)4)15(19)12-9-13(16)20-14(12)17/h9-11H,5-8H2,1-4H3. The van der Waals surface area contributed by atoms with Crippen molar-refractivity contribution in [1.29, 1.82) is 0 Å². The first-order valence-electron chi connectivity index (χ1n) is 7.05. The zero-order valence-corrected chi connectivity index (χ0v) is 16.6. The molecule has 0 aliphatic carbocycles. The molecule has 0 atom stereocenters. The van der Waals surface area contributed by atoms with Gasteiger partial charge in [-0.15, -0.1) is 11.3 Å². The zero-order chi connectivity index (χ0) is 15.3. The molecule has 0 N–H and O–H groups in total. The van der Waals surface area contributed by atoms with Gasteiger partial charge < -0.3 is 4.90 Å². The molecule has 0 unspecified atom stereocenters. The van der Waals surface area contributed by atoms with Gasteiger partial charge in [0.2, 0.25) is 0 Å². The molecule has 0 aliphatic rings. The van der Waals surface area contributed by atoms with Crippen molar-refractivity contribution in [2.45, 2.75) is 40.5 Å². The largest absolute Gasteiger partial charge is 0.339 e. The van der Waals surface area contributed by atoms with Crippen LogP contribution < -0.4 is 0 Å². The summed E-state index contributed by atoms with van der Waals surface area (Å²) in [4.78, 5) is 14.7. The maximum Gasteiger partial charge on any atom is 0.255 e. The predicted molar refractivity (Wildman–Crippen MR) is 94.5 cm³/mol. The Morgan fingerprint density at radius 3 is 2.00 bits per heavy atom. The Balaban J connectivity index is 2.79. The highest BCUT2D eigenvalue weighted by atomic mass is 79.9. The minimum Gasteiger partial charge on any atom is -0.339 e. The molecule has 2 nitrogen and oxygen atoms in total. The molecule has 1 rings (SSSR count). The minimum absolute atomic E-state index is 0.139. The molecular formula is C15H23Br2NOS. The molecule has 1 heterocycles. The summed E-state index contributed by atoms with van der Waals surface area (Å²) in [5.74, 6) is 1.36. The Kier molecular flexibility index (Phi) is 7.77. The highest BCUT2D eigenvalue weighted by molar-refractivity contribution is 9.12. The van der Waals surface area contributed by atoms with Crippen molar-refractivity contribution in [2.75, 3.05) is 13.1 Å². The Bertz CT molecular complexity index is 431. The first-order chi connectivity index (χ1) is 9.31. The molecule has 0 aliphatic heterocycles. The summed E-state index contributed by atoms with van der Waals surface area (Å²) in [6, 6.07) is 1.91. The van der Waals surface area contributed by atoms with Crippen molar-refractivity contribution >= 4 is 49.1 Å². The summed E-state index contributed by atoms with van der Waals surface area (Å²) in [5, 5.41) is 0. The van der Waals surface area contributed by atoms with Crippen molar-refractivity contribution in [2.24, 2.45) is 11.8 Å². The molecule has 1 aromatic heterocycles. The van der Waals surface area contributed by atoms with Crippen LogP contribution in [-0.2, 0) is 0 Å². The van der Waals surface area contributed by atoms with Crippen molar-refractivity contribution < 1.29 is 4.79 Å². The van der Waals surface area contributed by atoms with Crippen molar-refractivity contribution in [1.82, 2.24) is 4.90 Å². The van der Waals surface area contributed by atoms with Gasteiger partial charge in [0.05, 0.1) is 13.1 Å². The Morgan fingerprint density at radius 1 is 1.15 bits per heavy atom. The van der Waals surface area contributed by atoms with Gasteiger partial charge in [-0.3, -0.25) is 4.79 Å². The zero-order valence-electron chi connectivity index (χ0n) is 12.6. The first kappa shape index (κ1) is 18.2. The van der Waals surface area contributed by atoms with E-state index in [1.807, 2.05) is 11.0 Å². The van der Waals surface area contributed by atoms with E-state index in [1.54, 1.807) is 11.3 Å². The van der Waals surface area contributed by atoms with E-state index in [1.165, 1.54) is 0 Å². The number of thiophene rings is 1. The van der Waals surface area contributed by atoms with E-state index in [0.717, 1.165) is 39.1 Å². The molecule has 114 valence electrons. The number of halogens is 2. The highest BCUT2D eigenvalue weighted by Gasteiger charge is 2.20.